The van der Waals surface area contributed by atoms with Crippen LogP contribution in [0.15, 0.2) is 60.2 Å². The van der Waals surface area contributed by atoms with E-state index in [1.807, 2.05) is 36.4 Å². The fraction of sp³-hybridized carbons (Fsp3) is 0.273. The molecule has 1 saturated heterocycles. The van der Waals surface area contributed by atoms with Gasteiger partial charge in [0.25, 0.3) is 0 Å². The summed E-state index contributed by atoms with van der Waals surface area (Å²) in [5.41, 5.74) is 3.77. The van der Waals surface area contributed by atoms with Gasteiger partial charge in [-0.1, -0.05) is 29.8 Å². The summed E-state index contributed by atoms with van der Waals surface area (Å²) < 4.78 is 14.6. The molecule has 0 radical (unpaired) electrons. The first kappa shape index (κ1) is 19.9. The molecule has 7 nitrogen and oxygen atoms in total. The number of nitrogens with zero attached hydrogens (tertiary/aromatic N) is 5. The van der Waals surface area contributed by atoms with Gasteiger partial charge in [-0.05, 0) is 53.1 Å². The number of hydrogen-bond donors (Lipinski definition) is 1. The number of rotatable bonds is 5. The van der Waals surface area contributed by atoms with Gasteiger partial charge in [-0.25, -0.2) is 9.07 Å². The number of nitrogens with one attached hydrogen (secondary N) is 1. The van der Waals surface area contributed by atoms with Crippen LogP contribution in [0.3, 0.4) is 0 Å². The third kappa shape index (κ3) is 4.96. The summed E-state index contributed by atoms with van der Waals surface area (Å²) in [6.45, 7) is 2.56. The highest BCUT2D eigenvalue weighted by Crippen LogP contribution is 2.21. The Labute approximate surface area is 174 Å². The van der Waals surface area contributed by atoms with Crippen molar-refractivity contribution in [3.63, 3.8) is 0 Å². The second-order valence-corrected chi connectivity index (χ2v) is 7.40. The lowest BCUT2D eigenvalue weighted by Crippen LogP contribution is -2.30. The Morgan fingerprint density at radius 1 is 1.17 bits per heavy atom. The molecule has 0 unspecified atom stereocenters. The molecule has 0 bridgehead atoms. The van der Waals surface area contributed by atoms with Crippen molar-refractivity contribution in [2.45, 2.75) is 19.4 Å². The Morgan fingerprint density at radius 3 is 2.63 bits per heavy atom. The standard InChI is InChI=1S/C22H23FN6O/c1-28-22(25-26-27-28)18-3-2-4-20(14-18)24-21(30)13-16-9-11-29(12-10-16)15-17-5-7-19(23)8-6-17/h2-8,13-14H,9-12,15H2,1H3,(H,24,30). The number of amides is 1. The van der Waals surface area contributed by atoms with Gasteiger partial charge in [0.2, 0.25) is 5.91 Å². The van der Waals surface area contributed by atoms with Gasteiger partial charge in [0, 0.05) is 44.0 Å². The Kier molecular flexibility index (Phi) is 5.94. The largest absolute Gasteiger partial charge is 0.322 e. The highest BCUT2D eigenvalue weighted by molar-refractivity contribution is 6.00. The quantitative estimate of drug-likeness (QED) is 0.659. The van der Waals surface area contributed by atoms with Crippen molar-refractivity contribution < 1.29 is 9.18 Å². The predicted octanol–water partition coefficient (Wildman–Crippen LogP) is 3.18. The Bertz CT molecular complexity index is 1050. The van der Waals surface area contributed by atoms with Crippen molar-refractivity contribution in [1.29, 1.82) is 0 Å². The van der Waals surface area contributed by atoms with E-state index < -0.39 is 0 Å². The smallest absolute Gasteiger partial charge is 0.248 e. The normalized spacial score (nSPS) is 14.5. The highest BCUT2D eigenvalue weighted by atomic mass is 19.1. The average Bonchev–Trinajstić information content (AvgIpc) is 3.17. The van der Waals surface area contributed by atoms with E-state index in [4.69, 9.17) is 0 Å². The van der Waals surface area contributed by atoms with Gasteiger partial charge in [-0.3, -0.25) is 9.69 Å². The molecule has 1 N–H and O–H groups in total. The minimum Gasteiger partial charge on any atom is -0.322 e. The number of halogens is 1. The summed E-state index contributed by atoms with van der Waals surface area (Å²) >= 11 is 0. The number of benzene rings is 2. The molecule has 1 amide bonds. The lowest BCUT2D eigenvalue weighted by atomic mass is 10.0. The van der Waals surface area contributed by atoms with Gasteiger partial charge in [0.05, 0.1) is 0 Å². The number of carbonyl (C=O) groups excluding carboxylic acids is 1. The van der Waals surface area contributed by atoms with Crippen LogP contribution in [0.4, 0.5) is 10.1 Å². The van der Waals surface area contributed by atoms with Crippen LogP contribution in [0.1, 0.15) is 18.4 Å². The molecular weight excluding hydrogens is 383 g/mol. The maximum Gasteiger partial charge on any atom is 0.248 e. The summed E-state index contributed by atoms with van der Waals surface area (Å²) in [6.07, 6.45) is 3.39. The third-order valence-electron chi connectivity index (χ3n) is 5.16. The molecule has 0 aliphatic carbocycles. The van der Waals surface area contributed by atoms with E-state index in [2.05, 4.69) is 25.7 Å². The monoisotopic (exact) mass is 406 g/mol. The van der Waals surface area contributed by atoms with Crippen molar-refractivity contribution in [3.8, 4) is 11.4 Å². The van der Waals surface area contributed by atoms with E-state index in [1.165, 1.54) is 12.1 Å². The van der Waals surface area contributed by atoms with Gasteiger partial charge in [-0.15, -0.1) is 5.10 Å². The Balaban J connectivity index is 1.32. The molecule has 4 rings (SSSR count). The summed E-state index contributed by atoms with van der Waals surface area (Å²) in [7, 11) is 1.77. The van der Waals surface area contributed by atoms with Gasteiger partial charge >= 0.3 is 0 Å². The van der Waals surface area contributed by atoms with Crippen molar-refractivity contribution in [2.75, 3.05) is 18.4 Å². The van der Waals surface area contributed by atoms with Crippen LogP contribution in [-0.4, -0.2) is 44.1 Å². The van der Waals surface area contributed by atoms with E-state index in [0.29, 0.717) is 11.5 Å². The third-order valence-corrected chi connectivity index (χ3v) is 5.16. The van der Waals surface area contributed by atoms with Gasteiger partial charge in [0.1, 0.15) is 5.82 Å². The maximum absolute atomic E-state index is 13.0. The molecule has 0 saturated carbocycles. The number of aromatic nitrogens is 4. The molecule has 1 aliphatic rings. The number of likely N-dealkylation sites (tertiary alicyclic amines) is 1. The van der Waals surface area contributed by atoms with Crippen molar-refractivity contribution >= 4 is 11.6 Å². The minimum absolute atomic E-state index is 0.134. The molecule has 2 heterocycles. The SMILES string of the molecule is Cn1nnnc1-c1cccc(NC(=O)C=C2CCN(Cc3ccc(F)cc3)CC2)c1. The van der Waals surface area contributed by atoms with Gasteiger partial charge < -0.3 is 5.32 Å². The molecule has 8 heteroatoms. The first-order valence-corrected chi connectivity index (χ1v) is 9.87. The van der Waals surface area contributed by atoms with E-state index in [-0.39, 0.29) is 11.7 Å². The zero-order valence-electron chi connectivity index (χ0n) is 16.8. The molecular formula is C22H23FN6O. The molecule has 0 atom stereocenters. The van der Waals surface area contributed by atoms with Crippen LogP contribution < -0.4 is 5.32 Å². The van der Waals surface area contributed by atoms with Crippen LogP contribution in [0.25, 0.3) is 11.4 Å². The topological polar surface area (TPSA) is 75.9 Å². The summed E-state index contributed by atoms with van der Waals surface area (Å²) in [4.78, 5) is 14.8. The lowest BCUT2D eigenvalue weighted by Gasteiger charge is -2.28. The first-order valence-electron chi connectivity index (χ1n) is 9.87. The summed E-state index contributed by atoms with van der Waals surface area (Å²) in [6, 6.07) is 14.1. The molecule has 0 spiro atoms. The highest BCUT2D eigenvalue weighted by Gasteiger charge is 2.15. The second kappa shape index (κ2) is 8.96. The van der Waals surface area contributed by atoms with E-state index in [9.17, 15) is 9.18 Å². The minimum atomic E-state index is -0.215. The lowest BCUT2D eigenvalue weighted by molar-refractivity contribution is -0.112. The molecule has 2 aromatic carbocycles. The first-order chi connectivity index (χ1) is 14.6. The van der Waals surface area contributed by atoms with Crippen LogP contribution in [0.2, 0.25) is 0 Å². The number of tetrazole rings is 1. The van der Waals surface area contributed by atoms with Crippen LogP contribution in [0.5, 0.6) is 0 Å². The number of piperidine rings is 1. The molecule has 3 aromatic rings. The molecule has 1 aromatic heterocycles. The number of aryl methyl sites for hydroxylation is 1. The number of hydrogen-bond acceptors (Lipinski definition) is 5. The van der Waals surface area contributed by atoms with E-state index >= 15 is 0 Å². The fourth-order valence-corrected chi connectivity index (χ4v) is 3.56. The Hall–Kier alpha value is -3.39. The van der Waals surface area contributed by atoms with E-state index in [0.717, 1.165) is 49.2 Å². The van der Waals surface area contributed by atoms with Crippen LogP contribution in [-0.2, 0) is 18.4 Å². The fourth-order valence-electron chi connectivity index (χ4n) is 3.56. The maximum atomic E-state index is 13.0. The van der Waals surface area contributed by atoms with Gasteiger partial charge in [0.15, 0.2) is 5.82 Å². The predicted molar refractivity (Wildman–Crippen MR) is 112 cm³/mol. The number of carbonyl (C=O) groups is 1. The summed E-state index contributed by atoms with van der Waals surface area (Å²) in [5, 5.41) is 14.4. The van der Waals surface area contributed by atoms with Crippen LogP contribution >= 0.6 is 0 Å². The van der Waals surface area contributed by atoms with Crippen molar-refractivity contribution in [1.82, 2.24) is 25.1 Å². The average molecular weight is 406 g/mol. The van der Waals surface area contributed by atoms with Gasteiger partial charge in [-0.2, -0.15) is 0 Å². The molecule has 30 heavy (non-hydrogen) atoms. The van der Waals surface area contributed by atoms with Crippen LogP contribution in [0, 0.1) is 5.82 Å². The zero-order chi connectivity index (χ0) is 20.9. The number of anilines is 1. The molecule has 1 fully saturated rings. The zero-order valence-corrected chi connectivity index (χ0v) is 16.8. The second-order valence-electron chi connectivity index (χ2n) is 7.40. The molecule has 1 aliphatic heterocycles. The van der Waals surface area contributed by atoms with E-state index in [1.54, 1.807) is 17.8 Å². The van der Waals surface area contributed by atoms with Crippen molar-refractivity contribution in [2.24, 2.45) is 7.05 Å². The summed E-state index contributed by atoms with van der Waals surface area (Å²) in [5.74, 6) is 0.288. The Morgan fingerprint density at radius 2 is 1.93 bits per heavy atom. The van der Waals surface area contributed by atoms with Crippen molar-refractivity contribution in [3.05, 3.63) is 71.6 Å². The molecule has 154 valence electrons.